The molecule has 0 amide bonds. The van der Waals surface area contributed by atoms with E-state index in [0.29, 0.717) is 0 Å². The monoisotopic (exact) mass is 349 g/mol. The zero-order chi connectivity index (χ0) is 16.8. The van der Waals surface area contributed by atoms with E-state index in [1.54, 1.807) is 6.33 Å². The average Bonchev–Trinajstić information content (AvgIpc) is 3.22. The molecule has 1 unspecified atom stereocenters. The number of aromatic amines is 1. The number of anilines is 1. The lowest BCUT2D eigenvalue weighted by atomic mass is 9.89. The minimum atomic E-state index is 0.738. The third kappa shape index (κ3) is 2.57. The molecule has 6 heteroatoms. The Balaban J connectivity index is 1.48. The van der Waals surface area contributed by atoms with Gasteiger partial charge in [0.15, 0.2) is 0 Å². The third-order valence-corrected chi connectivity index (χ3v) is 6.22. The minimum Gasteiger partial charge on any atom is -0.365 e. The smallest absolute Gasteiger partial charge is 0.138 e. The van der Waals surface area contributed by atoms with Crippen LogP contribution >= 0.6 is 11.3 Å². The fourth-order valence-corrected chi connectivity index (χ4v) is 5.04. The van der Waals surface area contributed by atoms with Crippen molar-refractivity contribution in [3.8, 4) is 0 Å². The maximum absolute atomic E-state index is 4.54. The Labute approximate surface area is 149 Å². The van der Waals surface area contributed by atoms with Gasteiger partial charge in [-0.1, -0.05) is 19.1 Å². The van der Waals surface area contributed by atoms with E-state index in [0.717, 1.165) is 40.4 Å². The summed E-state index contributed by atoms with van der Waals surface area (Å²) < 4.78 is 0. The first-order valence-corrected chi connectivity index (χ1v) is 9.50. The Morgan fingerprint density at radius 3 is 3.24 bits per heavy atom. The van der Waals surface area contributed by atoms with E-state index in [2.05, 4.69) is 50.6 Å². The van der Waals surface area contributed by atoms with Crippen LogP contribution in [0.2, 0.25) is 0 Å². The van der Waals surface area contributed by atoms with Gasteiger partial charge in [-0.25, -0.2) is 9.97 Å². The molecule has 1 atom stereocenters. The molecule has 2 N–H and O–H groups in total. The van der Waals surface area contributed by atoms with Crippen LogP contribution < -0.4 is 5.32 Å². The molecule has 4 aromatic rings. The molecule has 0 spiro atoms. The molecule has 126 valence electrons. The van der Waals surface area contributed by atoms with Crippen molar-refractivity contribution in [1.29, 1.82) is 0 Å². The Hall–Kier alpha value is -2.47. The van der Waals surface area contributed by atoms with Crippen LogP contribution in [0.25, 0.3) is 21.1 Å². The molecular weight excluding hydrogens is 330 g/mol. The van der Waals surface area contributed by atoms with Crippen LogP contribution in [-0.4, -0.2) is 20.2 Å². The molecule has 0 fully saturated rings. The molecule has 5 rings (SSSR count). The highest BCUT2D eigenvalue weighted by atomic mass is 32.1. The molecule has 1 aromatic carbocycles. The summed E-state index contributed by atoms with van der Waals surface area (Å²) in [4.78, 5) is 11.7. The maximum atomic E-state index is 4.54. The molecule has 1 aliphatic rings. The molecule has 0 saturated heterocycles. The lowest BCUT2D eigenvalue weighted by molar-refractivity contribution is 0.509. The zero-order valence-electron chi connectivity index (χ0n) is 14.0. The second-order valence-electron chi connectivity index (χ2n) is 6.90. The minimum absolute atomic E-state index is 0.738. The average molecular weight is 349 g/mol. The molecular formula is C19H19N5S. The molecule has 0 aliphatic heterocycles. The summed E-state index contributed by atoms with van der Waals surface area (Å²) in [6.45, 7) is 3.08. The van der Waals surface area contributed by atoms with Gasteiger partial charge in [-0.2, -0.15) is 5.10 Å². The van der Waals surface area contributed by atoms with Gasteiger partial charge < -0.3 is 5.32 Å². The molecule has 3 heterocycles. The van der Waals surface area contributed by atoms with Crippen molar-refractivity contribution in [2.45, 2.75) is 32.7 Å². The SMILES string of the molecule is CC1CCc2c(sc3ncnc(NCc4ccc5cn[nH]c5c4)c23)C1. The topological polar surface area (TPSA) is 66.5 Å². The molecule has 25 heavy (non-hydrogen) atoms. The first-order chi connectivity index (χ1) is 12.3. The van der Waals surface area contributed by atoms with E-state index in [4.69, 9.17) is 0 Å². The Kier molecular flexibility index (Phi) is 3.45. The zero-order valence-corrected chi connectivity index (χ0v) is 14.9. The van der Waals surface area contributed by atoms with Gasteiger partial charge in [-0.15, -0.1) is 11.3 Å². The molecule has 5 nitrogen and oxygen atoms in total. The van der Waals surface area contributed by atoms with Crippen LogP contribution in [-0.2, 0) is 19.4 Å². The second kappa shape index (κ2) is 5.81. The predicted molar refractivity (Wildman–Crippen MR) is 102 cm³/mol. The van der Waals surface area contributed by atoms with Gasteiger partial charge >= 0.3 is 0 Å². The summed E-state index contributed by atoms with van der Waals surface area (Å²) in [6.07, 6.45) is 7.09. The number of fused-ring (bicyclic) bond motifs is 4. The molecule has 0 radical (unpaired) electrons. The number of nitrogens with zero attached hydrogens (tertiary/aromatic N) is 3. The summed E-state index contributed by atoms with van der Waals surface area (Å²) in [5, 5.41) is 13.0. The number of rotatable bonds is 3. The summed E-state index contributed by atoms with van der Waals surface area (Å²) in [7, 11) is 0. The molecule has 1 aliphatic carbocycles. The number of hydrogen-bond acceptors (Lipinski definition) is 5. The van der Waals surface area contributed by atoms with Gasteiger partial charge in [-0.05, 0) is 42.4 Å². The molecule has 3 aromatic heterocycles. The van der Waals surface area contributed by atoms with E-state index in [-0.39, 0.29) is 0 Å². The van der Waals surface area contributed by atoms with Crippen LogP contribution in [0.4, 0.5) is 5.82 Å². The van der Waals surface area contributed by atoms with Crippen LogP contribution in [0.5, 0.6) is 0 Å². The van der Waals surface area contributed by atoms with Crippen LogP contribution in [0.15, 0.2) is 30.7 Å². The van der Waals surface area contributed by atoms with Gasteiger partial charge in [0, 0.05) is 16.8 Å². The molecule has 0 saturated carbocycles. The lowest BCUT2D eigenvalue weighted by Crippen LogP contribution is -2.09. The van der Waals surface area contributed by atoms with Gasteiger partial charge in [0.25, 0.3) is 0 Å². The summed E-state index contributed by atoms with van der Waals surface area (Å²) in [5.74, 6) is 1.73. The van der Waals surface area contributed by atoms with Crippen molar-refractivity contribution in [3.63, 3.8) is 0 Å². The maximum Gasteiger partial charge on any atom is 0.138 e. The Morgan fingerprint density at radius 1 is 1.32 bits per heavy atom. The predicted octanol–water partition coefficient (Wildman–Crippen LogP) is 4.30. The van der Waals surface area contributed by atoms with Gasteiger partial charge in [0.2, 0.25) is 0 Å². The number of thiophene rings is 1. The lowest BCUT2D eigenvalue weighted by Gasteiger charge is -2.18. The number of aryl methyl sites for hydroxylation is 1. The standard InChI is InChI=1S/C19H19N5S/c1-11-2-5-14-16(6-11)25-19-17(14)18(21-10-22-19)20-8-12-3-4-13-9-23-24-15(13)7-12/h3-4,7,9-11H,2,5-6,8H2,1H3,(H,23,24)(H,20,21,22). The number of nitrogens with one attached hydrogen (secondary N) is 2. The van der Waals surface area contributed by atoms with Gasteiger partial charge in [0.1, 0.15) is 17.0 Å². The summed E-state index contributed by atoms with van der Waals surface area (Å²) in [5.41, 5.74) is 3.74. The van der Waals surface area contributed by atoms with Gasteiger partial charge in [-0.3, -0.25) is 5.10 Å². The van der Waals surface area contributed by atoms with Crippen LogP contribution in [0.1, 0.15) is 29.3 Å². The highest BCUT2D eigenvalue weighted by molar-refractivity contribution is 7.19. The molecule has 0 bridgehead atoms. The van der Waals surface area contributed by atoms with E-state index < -0.39 is 0 Å². The van der Waals surface area contributed by atoms with Crippen molar-refractivity contribution >= 4 is 38.3 Å². The van der Waals surface area contributed by atoms with Crippen LogP contribution in [0.3, 0.4) is 0 Å². The number of hydrogen-bond donors (Lipinski definition) is 2. The van der Waals surface area contributed by atoms with Crippen molar-refractivity contribution in [2.75, 3.05) is 5.32 Å². The van der Waals surface area contributed by atoms with Gasteiger partial charge in [0.05, 0.1) is 17.1 Å². The Bertz CT molecular complexity index is 1060. The fourth-order valence-electron chi connectivity index (χ4n) is 3.69. The van der Waals surface area contributed by atoms with E-state index >= 15 is 0 Å². The van der Waals surface area contributed by atoms with E-state index in [1.807, 2.05) is 17.5 Å². The normalized spacial score (nSPS) is 17.1. The number of benzene rings is 1. The number of H-pyrrole nitrogens is 1. The van der Waals surface area contributed by atoms with Crippen molar-refractivity contribution in [2.24, 2.45) is 5.92 Å². The fraction of sp³-hybridized carbons (Fsp3) is 0.316. The second-order valence-corrected chi connectivity index (χ2v) is 7.98. The Morgan fingerprint density at radius 2 is 2.28 bits per heavy atom. The van der Waals surface area contributed by atoms with Crippen molar-refractivity contribution in [3.05, 3.63) is 46.7 Å². The highest BCUT2D eigenvalue weighted by Crippen LogP contribution is 2.39. The quantitative estimate of drug-likeness (QED) is 0.578. The number of aromatic nitrogens is 4. The third-order valence-electron chi connectivity index (χ3n) is 5.06. The van der Waals surface area contributed by atoms with E-state index in [1.165, 1.54) is 34.2 Å². The first-order valence-electron chi connectivity index (χ1n) is 8.69. The largest absolute Gasteiger partial charge is 0.365 e. The van der Waals surface area contributed by atoms with Crippen molar-refractivity contribution in [1.82, 2.24) is 20.2 Å². The summed E-state index contributed by atoms with van der Waals surface area (Å²) >= 11 is 1.84. The van der Waals surface area contributed by atoms with Crippen molar-refractivity contribution < 1.29 is 0 Å². The first kappa shape index (κ1) is 14.8. The van der Waals surface area contributed by atoms with Crippen LogP contribution in [0, 0.1) is 5.92 Å². The highest BCUT2D eigenvalue weighted by Gasteiger charge is 2.22. The summed E-state index contributed by atoms with van der Waals surface area (Å²) in [6, 6.07) is 6.37. The van der Waals surface area contributed by atoms with E-state index in [9.17, 15) is 0 Å².